The van der Waals surface area contributed by atoms with Crippen LogP contribution in [0, 0.1) is 17.2 Å². The molecule has 1 aromatic carbocycles. The summed E-state index contributed by atoms with van der Waals surface area (Å²) in [6.07, 6.45) is 0. The van der Waals surface area contributed by atoms with Gasteiger partial charge in [0, 0.05) is 22.7 Å². The van der Waals surface area contributed by atoms with Crippen LogP contribution in [0.1, 0.15) is 20.8 Å². The third kappa shape index (κ3) is 5.97. The van der Waals surface area contributed by atoms with E-state index < -0.39 is 14.9 Å². The van der Waals surface area contributed by atoms with Gasteiger partial charge in [0.25, 0.3) is 0 Å². The van der Waals surface area contributed by atoms with E-state index in [2.05, 4.69) is 15.9 Å². The summed E-state index contributed by atoms with van der Waals surface area (Å²) in [6, 6.07) is 4.40. The molecule has 1 unspecified atom stereocenters. The van der Waals surface area contributed by atoms with Crippen molar-refractivity contribution < 1.29 is 17.5 Å². The van der Waals surface area contributed by atoms with Crippen LogP contribution in [0.5, 0.6) is 5.75 Å². The minimum atomic E-state index is -3.62. The molecule has 7 heteroatoms. The first-order chi connectivity index (χ1) is 8.99. The van der Waals surface area contributed by atoms with E-state index in [9.17, 15) is 12.8 Å². The van der Waals surface area contributed by atoms with Crippen molar-refractivity contribution in [1.82, 2.24) is 0 Å². The fourth-order valence-electron chi connectivity index (χ4n) is 1.55. The molecule has 0 amide bonds. The van der Waals surface area contributed by atoms with Gasteiger partial charge >= 0.3 is 0 Å². The Kier molecular flexibility index (Phi) is 5.87. The molecule has 0 saturated carbocycles. The molecule has 0 spiro atoms. The zero-order valence-corrected chi connectivity index (χ0v) is 14.6. The number of hydrogen-bond donors (Lipinski definition) is 0. The van der Waals surface area contributed by atoms with E-state index in [0.717, 1.165) is 0 Å². The van der Waals surface area contributed by atoms with E-state index in [0.29, 0.717) is 10.2 Å². The maximum atomic E-state index is 13.4. The Bertz CT molecular complexity index is 569. The van der Waals surface area contributed by atoms with E-state index in [1.807, 2.05) is 20.8 Å². The molecule has 114 valence electrons. The van der Waals surface area contributed by atoms with Crippen LogP contribution in [-0.4, -0.2) is 20.8 Å². The average molecular weight is 388 g/mol. The number of halogens is 3. The van der Waals surface area contributed by atoms with Crippen molar-refractivity contribution in [1.29, 1.82) is 0 Å². The maximum absolute atomic E-state index is 13.4. The van der Waals surface area contributed by atoms with Gasteiger partial charge in [0.15, 0.2) is 0 Å². The maximum Gasteiger partial charge on any atom is 0.233 e. The van der Waals surface area contributed by atoms with Gasteiger partial charge in [0.1, 0.15) is 11.6 Å². The van der Waals surface area contributed by atoms with Gasteiger partial charge in [-0.05, 0) is 33.5 Å². The quantitative estimate of drug-likeness (QED) is 0.711. The van der Waals surface area contributed by atoms with Crippen LogP contribution in [-0.2, 0) is 9.05 Å². The van der Waals surface area contributed by atoms with Crippen molar-refractivity contribution in [2.75, 3.05) is 12.4 Å². The second kappa shape index (κ2) is 6.62. The molecule has 0 fully saturated rings. The largest absolute Gasteiger partial charge is 0.493 e. The van der Waals surface area contributed by atoms with Crippen molar-refractivity contribution in [3.63, 3.8) is 0 Å². The number of ether oxygens (including phenoxy) is 1. The number of hydrogen-bond acceptors (Lipinski definition) is 3. The van der Waals surface area contributed by atoms with E-state index >= 15 is 0 Å². The van der Waals surface area contributed by atoms with Gasteiger partial charge in [-0.15, -0.1) is 0 Å². The van der Waals surface area contributed by atoms with Gasteiger partial charge in [0.2, 0.25) is 9.05 Å². The minimum absolute atomic E-state index is 0.149. The molecule has 1 rings (SSSR count). The SMILES string of the molecule is CC(C)(C)C(COc1ccc(Br)c(F)c1)CS(=O)(=O)Cl. The summed E-state index contributed by atoms with van der Waals surface area (Å²) >= 11 is 3.05. The Labute approximate surface area is 132 Å². The highest BCUT2D eigenvalue weighted by molar-refractivity contribution is 9.10. The number of rotatable bonds is 5. The first-order valence-electron chi connectivity index (χ1n) is 5.99. The van der Waals surface area contributed by atoms with Crippen LogP contribution < -0.4 is 4.74 Å². The van der Waals surface area contributed by atoms with Crippen molar-refractivity contribution in [3.05, 3.63) is 28.5 Å². The fourth-order valence-corrected chi connectivity index (χ4v) is 3.33. The van der Waals surface area contributed by atoms with Crippen LogP contribution in [0.4, 0.5) is 4.39 Å². The molecular weight excluding hydrogens is 371 g/mol. The van der Waals surface area contributed by atoms with Gasteiger partial charge in [-0.2, -0.15) is 0 Å². The van der Waals surface area contributed by atoms with Gasteiger partial charge in [-0.25, -0.2) is 12.8 Å². The van der Waals surface area contributed by atoms with Crippen LogP contribution in [0.2, 0.25) is 0 Å². The molecule has 0 bridgehead atoms. The molecule has 1 aromatic rings. The van der Waals surface area contributed by atoms with Gasteiger partial charge < -0.3 is 4.74 Å². The summed E-state index contributed by atoms with van der Waals surface area (Å²) in [6.45, 7) is 5.87. The topological polar surface area (TPSA) is 43.4 Å². The molecule has 3 nitrogen and oxygen atoms in total. The number of benzene rings is 1. The zero-order chi connectivity index (χ0) is 15.6. The Morgan fingerprint density at radius 3 is 2.45 bits per heavy atom. The molecule has 1 atom stereocenters. The summed E-state index contributed by atoms with van der Waals surface area (Å²) in [7, 11) is 1.70. The minimum Gasteiger partial charge on any atom is -0.493 e. The summed E-state index contributed by atoms with van der Waals surface area (Å²) in [5.74, 6) is -0.555. The molecule has 20 heavy (non-hydrogen) atoms. The highest BCUT2D eigenvalue weighted by Gasteiger charge is 2.29. The monoisotopic (exact) mass is 386 g/mol. The van der Waals surface area contributed by atoms with Gasteiger partial charge in [-0.1, -0.05) is 20.8 Å². The molecule has 0 N–H and O–H groups in total. The third-order valence-electron chi connectivity index (χ3n) is 2.97. The summed E-state index contributed by atoms with van der Waals surface area (Å²) in [4.78, 5) is 0. The third-order valence-corrected chi connectivity index (χ3v) is 4.79. The summed E-state index contributed by atoms with van der Waals surface area (Å²) in [5.41, 5.74) is -0.296. The predicted octanol–water partition coefficient (Wildman–Crippen LogP) is 4.20. The Morgan fingerprint density at radius 1 is 1.40 bits per heavy atom. The van der Waals surface area contributed by atoms with E-state index in [1.54, 1.807) is 6.07 Å². The van der Waals surface area contributed by atoms with Crippen LogP contribution in [0.3, 0.4) is 0 Å². The zero-order valence-electron chi connectivity index (χ0n) is 11.5. The van der Waals surface area contributed by atoms with Gasteiger partial charge in [0.05, 0.1) is 16.8 Å². The molecule has 0 aliphatic rings. The van der Waals surface area contributed by atoms with E-state index in [-0.39, 0.29) is 23.7 Å². The molecule has 0 radical (unpaired) electrons. The van der Waals surface area contributed by atoms with Crippen LogP contribution in [0.25, 0.3) is 0 Å². The molecule has 0 aromatic heterocycles. The first-order valence-corrected chi connectivity index (χ1v) is 9.26. The second-order valence-electron chi connectivity index (χ2n) is 5.66. The fraction of sp³-hybridized carbons (Fsp3) is 0.538. The van der Waals surface area contributed by atoms with Crippen molar-refractivity contribution >= 4 is 35.7 Å². The van der Waals surface area contributed by atoms with E-state index in [4.69, 9.17) is 15.4 Å². The van der Waals surface area contributed by atoms with Crippen molar-refractivity contribution in [2.45, 2.75) is 20.8 Å². The summed E-state index contributed by atoms with van der Waals surface area (Å²) in [5, 5.41) is 0. The normalized spacial score (nSPS) is 14.1. The average Bonchev–Trinajstić information content (AvgIpc) is 2.26. The van der Waals surface area contributed by atoms with Crippen molar-refractivity contribution in [2.24, 2.45) is 11.3 Å². The van der Waals surface area contributed by atoms with E-state index in [1.165, 1.54) is 12.1 Å². The van der Waals surface area contributed by atoms with Crippen LogP contribution in [0.15, 0.2) is 22.7 Å². The lowest BCUT2D eigenvalue weighted by atomic mass is 9.82. The Morgan fingerprint density at radius 2 is 2.00 bits per heavy atom. The second-order valence-corrected chi connectivity index (χ2v) is 9.33. The molecular formula is C13H17BrClFO3S. The van der Waals surface area contributed by atoms with Gasteiger partial charge in [-0.3, -0.25) is 0 Å². The lowest BCUT2D eigenvalue weighted by molar-refractivity contribution is 0.163. The predicted molar refractivity (Wildman–Crippen MR) is 82.2 cm³/mol. The summed E-state index contributed by atoms with van der Waals surface area (Å²) < 4.78 is 41.7. The van der Waals surface area contributed by atoms with Crippen LogP contribution >= 0.6 is 26.6 Å². The lowest BCUT2D eigenvalue weighted by Crippen LogP contribution is -2.31. The molecule has 0 aliphatic heterocycles. The Hall–Kier alpha value is -0.330. The Balaban J connectivity index is 2.78. The smallest absolute Gasteiger partial charge is 0.233 e. The highest BCUT2D eigenvalue weighted by atomic mass is 79.9. The highest BCUT2D eigenvalue weighted by Crippen LogP contribution is 2.29. The lowest BCUT2D eigenvalue weighted by Gasteiger charge is -2.29. The molecule has 0 aliphatic carbocycles. The first kappa shape index (κ1) is 17.7. The molecule has 0 heterocycles. The molecule has 0 saturated heterocycles. The van der Waals surface area contributed by atoms with Crippen molar-refractivity contribution in [3.8, 4) is 5.75 Å². The standard InChI is InChI=1S/C13H17BrClFO3S/c1-13(2,3)9(8-20(15,17)18)7-19-10-4-5-11(14)12(16)6-10/h4-6,9H,7-8H2,1-3H3.